The molecule has 23 heavy (non-hydrogen) atoms. The third kappa shape index (κ3) is 4.99. The molecule has 0 bridgehead atoms. The maximum absolute atomic E-state index is 9.33. The standard InChI is InChI=1S/C19H28N2OSi/c1-19(2,14-22)20-13-16-9-7-11-18(21-16)15-8-6-10-17(12-15)23(3,4)5/h6-12,20,22H,13-14H2,1-5H3. The first-order valence-electron chi connectivity index (χ1n) is 8.14. The molecule has 1 aromatic heterocycles. The zero-order valence-corrected chi connectivity index (χ0v) is 15.9. The molecule has 2 N–H and O–H groups in total. The van der Waals surface area contributed by atoms with E-state index < -0.39 is 8.07 Å². The first-order chi connectivity index (χ1) is 10.7. The monoisotopic (exact) mass is 328 g/mol. The molecule has 0 saturated carbocycles. The summed E-state index contributed by atoms with van der Waals surface area (Å²) in [5.41, 5.74) is 2.87. The number of pyridine rings is 1. The minimum atomic E-state index is -1.32. The summed E-state index contributed by atoms with van der Waals surface area (Å²) in [6.45, 7) is 11.8. The topological polar surface area (TPSA) is 45.1 Å². The Morgan fingerprint density at radius 2 is 1.78 bits per heavy atom. The molecule has 0 unspecified atom stereocenters. The van der Waals surface area contributed by atoms with Gasteiger partial charge in [-0.1, -0.05) is 55.2 Å². The molecule has 0 amide bonds. The molecule has 4 heteroatoms. The molecule has 3 nitrogen and oxygen atoms in total. The van der Waals surface area contributed by atoms with Crippen molar-refractivity contribution in [3.8, 4) is 11.3 Å². The number of nitrogens with zero attached hydrogens (tertiary/aromatic N) is 1. The van der Waals surface area contributed by atoms with E-state index in [1.54, 1.807) is 0 Å². The van der Waals surface area contributed by atoms with Crippen molar-refractivity contribution >= 4 is 13.3 Å². The lowest BCUT2D eigenvalue weighted by atomic mass is 10.1. The van der Waals surface area contributed by atoms with E-state index in [2.05, 4.69) is 55.3 Å². The highest BCUT2D eigenvalue weighted by molar-refractivity contribution is 6.88. The van der Waals surface area contributed by atoms with Crippen molar-refractivity contribution in [2.45, 2.75) is 45.6 Å². The Hall–Kier alpha value is -1.49. The van der Waals surface area contributed by atoms with Crippen LogP contribution < -0.4 is 10.5 Å². The average Bonchev–Trinajstić information content (AvgIpc) is 2.53. The number of aliphatic hydroxyl groups is 1. The van der Waals surface area contributed by atoms with Gasteiger partial charge in [0, 0.05) is 12.1 Å². The molecule has 0 radical (unpaired) electrons. The number of hydrogen-bond donors (Lipinski definition) is 2. The number of benzene rings is 1. The Labute approximate surface area is 140 Å². The minimum Gasteiger partial charge on any atom is -0.394 e. The van der Waals surface area contributed by atoms with Gasteiger partial charge >= 0.3 is 0 Å². The van der Waals surface area contributed by atoms with Crippen LogP contribution in [0.5, 0.6) is 0 Å². The zero-order chi connectivity index (χ0) is 17.1. The van der Waals surface area contributed by atoms with E-state index >= 15 is 0 Å². The van der Waals surface area contributed by atoms with Crippen molar-refractivity contribution in [3.05, 3.63) is 48.2 Å². The Morgan fingerprint density at radius 1 is 1.09 bits per heavy atom. The van der Waals surface area contributed by atoms with Gasteiger partial charge in [0.05, 0.1) is 26.1 Å². The molecule has 2 rings (SSSR count). The van der Waals surface area contributed by atoms with E-state index in [4.69, 9.17) is 4.98 Å². The van der Waals surface area contributed by atoms with Gasteiger partial charge < -0.3 is 10.4 Å². The highest BCUT2D eigenvalue weighted by Crippen LogP contribution is 2.18. The van der Waals surface area contributed by atoms with Crippen LogP contribution in [0.4, 0.5) is 0 Å². The molecular formula is C19H28N2OSi. The predicted molar refractivity (Wildman–Crippen MR) is 101 cm³/mol. The van der Waals surface area contributed by atoms with Gasteiger partial charge in [0.2, 0.25) is 0 Å². The lowest BCUT2D eigenvalue weighted by Gasteiger charge is -2.23. The van der Waals surface area contributed by atoms with Crippen molar-refractivity contribution in [1.82, 2.24) is 10.3 Å². The van der Waals surface area contributed by atoms with Gasteiger partial charge in [-0.3, -0.25) is 4.98 Å². The molecule has 0 aliphatic heterocycles. The van der Waals surface area contributed by atoms with Crippen molar-refractivity contribution in [2.24, 2.45) is 0 Å². The second-order valence-corrected chi connectivity index (χ2v) is 12.8. The van der Waals surface area contributed by atoms with E-state index in [-0.39, 0.29) is 12.1 Å². The van der Waals surface area contributed by atoms with Gasteiger partial charge in [-0.15, -0.1) is 0 Å². The number of aromatic nitrogens is 1. The van der Waals surface area contributed by atoms with E-state index in [1.807, 2.05) is 26.0 Å². The number of rotatable bonds is 6. The van der Waals surface area contributed by atoms with E-state index in [9.17, 15) is 5.11 Å². The molecule has 0 fully saturated rings. The fraction of sp³-hybridized carbons (Fsp3) is 0.421. The maximum Gasteiger partial charge on any atom is 0.0776 e. The number of hydrogen-bond acceptors (Lipinski definition) is 3. The van der Waals surface area contributed by atoms with Crippen LogP contribution in [0.25, 0.3) is 11.3 Å². The molecular weight excluding hydrogens is 300 g/mol. The molecule has 1 heterocycles. The van der Waals surface area contributed by atoms with E-state index in [0.29, 0.717) is 6.54 Å². The SMILES string of the molecule is CC(C)(CO)NCc1cccc(-c2cccc([Si](C)(C)C)c2)n1. The molecule has 124 valence electrons. The summed E-state index contributed by atoms with van der Waals surface area (Å²) in [6.07, 6.45) is 0. The molecule has 0 atom stereocenters. The summed E-state index contributed by atoms with van der Waals surface area (Å²) >= 11 is 0. The van der Waals surface area contributed by atoms with E-state index in [1.165, 1.54) is 10.8 Å². The molecule has 2 aromatic rings. The van der Waals surface area contributed by atoms with Crippen LogP contribution in [0, 0.1) is 0 Å². The highest BCUT2D eigenvalue weighted by atomic mass is 28.3. The zero-order valence-electron chi connectivity index (χ0n) is 14.9. The quantitative estimate of drug-likeness (QED) is 0.801. The van der Waals surface area contributed by atoms with Crippen LogP contribution in [0.2, 0.25) is 19.6 Å². The normalized spacial score (nSPS) is 12.4. The van der Waals surface area contributed by atoms with Gasteiger partial charge in [-0.2, -0.15) is 0 Å². The Balaban J connectivity index is 2.23. The Kier molecular flexibility index (Phi) is 5.40. The van der Waals surface area contributed by atoms with Gasteiger partial charge in [-0.05, 0) is 31.5 Å². The molecule has 0 aliphatic rings. The van der Waals surface area contributed by atoms with Gasteiger partial charge in [0.15, 0.2) is 0 Å². The van der Waals surface area contributed by atoms with Crippen LogP contribution in [0.1, 0.15) is 19.5 Å². The second-order valence-electron chi connectivity index (χ2n) is 7.74. The predicted octanol–water partition coefficient (Wildman–Crippen LogP) is 3.15. The largest absolute Gasteiger partial charge is 0.394 e. The third-order valence-electron chi connectivity index (χ3n) is 3.97. The van der Waals surface area contributed by atoms with Crippen LogP contribution in [0.3, 0.4) is 0 Å². The summed E-state index contributed by atoms with van der Waals surface area (Å²) in [6, 6.07) is 14.9. The van der Waals surface area contributed by atoms with E-state index in [0.717, 1.165) is 11.4 Å². The Bertz CT molecular complexity index is 662. The summed E-state index contributed by atoms with van der Waals surface area (Å²) in [7, 11) is -1.32. The van der Waals surface area contributed by atoms with Crippen LogP contribution in [-0.2, 0) is 6.54 Å². The van der Waals surface area contributed by atoms with Gasteiger partial charge in [0.25, 0.3) is 0 Å². The average molecular weight is 329 g/mol. The van der Waals surface area contributed by atoms with Gasteiger partial charge in [0.1, 0.15) is 0 Å². The van der Waals surface area contributed by atoms with Crippen LogP contribution in [-0.4, -0.2) is 30.3 Å². The minimum absolute atomic E-state index is 0.102. The van der Waals surface area contributed by atoms with Crippen molar-refractivity contribution in [1.29, 1.82) is 0 Å². The lowest BCUT2D eigenvalue weighted by Crippen LogP contribution is -2.42. The first kappa shape index (κ1) is 17.9. The van der Waals surface area contributed by atoms with Crippen LogP contribution >= 0.6 is 0 Å². The first-order valence-corrected chi connectivity index (χ1v) is 11.6. The highest BCUT2D eigenvalue weighted by Gasteiger charge is 2.17. The lowest BCUT2D eigenvalue weighted by molar-refractivity contribution is 0.187. The van der Waals surface area contributed by atoms with Gasteiger partial charge in [-0.25, -0.2) is 0 Å². The van der Waals surface area contributed by atoms with Crippen molar-refractivity contribution < 1.29 is 5.11 Å². The molecule has 1 aromatic carbocycles. The molecule has 0 aliphatic carbocycles. The summed E-state index contributed by atoms with van der Waals surface area (Å²) < 4.78 is 0. The number of aliphatic hydroxyl groups excluding tert-OH is 1. The van der Waals surface area contributed by atoms with Crippen molar-refractivity contribution in [3.63, 3.8) is 0 Å². The summed E-state index contributed by atoms with van der Waals surface area (Å²) in [5, 5.41) is 14.1. The maximum atomic E-state index is 9.33. The second kappa shape index (κ2) is 6.95. The van der Waals surface area contributed by atoms with Crippen molar-refractivity contribution in [2.75, 3.05) is 6.61 Å². The fourth-order valence-corrected chi connectivity index (χ4v) is 3.45. The van der Waals surface area contributed by atoms with Crippen LogP contribution in [0.15, 0.2) is 42.5 Å². The molecule has 0 spiro atoms. The third-order valence-corrected chi connectivity index (χ3v) is 6.02. The summed E-state index contributed by atoms with van der Waals surface area (Å²) in [4.78, 5) is 4.77. The number of nitrogens with one attached hydrogen (secondary N) is 1. The fourth-order valence-electron chi connectivity index (χ4n) is 2.27. The molecule has 0 saturated heterocycles. The summed E-state index contributed by atoms with van der Waals surface area (Å²) in [5.74, 6) is 0. The Morgan fingerprint density at radius 3 is 2.43 bits per heavy atom. The smallest absolute Gasteiger partial charge is 0.0776 e.